The number of rotatable bonds is 5. The monoisotopic (exact) mass is 324 g/mol. The van der Waals surface area contributed by atoms with Gasteiger partial charge in [0.2, 0.25) is 0 Å². The molecular weight excluding hydrogens is 304 g/mol. The normalized spacial score (nSPS) is 20.4. The molecule has 120 valence electrons. The lowest BCUT2D eigenvalue weighted by Crippen LogP contribution is -2.67. The summed E-state index contributed by atoms with van der Waals surface area (Å²) in [6.45, 7) is 1.76. The predicted octanol–water partition coefficient (Wildman–Crippen LogP) is -0.117. The maximum atomic E-state index is 11.0. The van der Waals surface area contributed by atoms with E-state index in [1.807, 2.05) is 13.1 Å². The van der Waals surface area contributed by atoms with Crippen LogP contribution in [0.4, 0.5) is 11.4 Å². The second-order valence-corrected chi connectivity index (χ2v) is 7.43. The zero-order valence-corrected chi connectivity index (χ0v) is 13.2. The fourth-order valence-electron chi connectivity index (χ4n) is 3.59. The second-order valence-electron chi connectivity index (χ2n) is 6.11. The maximum Gasteiger partial charge on any atom is 0.274 e. The van der Waals surface area contributed by atoms with Crippen molar-refractivity contribution in [3.05, 3.63) is 18.0 Å². The largest absolute Gasteiger partial charge is 0.385 e. The van der Waals surface area contributed by atoms with Crippen LogP contribution in [0.15, 0.2) is 12.3 Å². The van der Waals surface area contributed by atoms with E-state index in [0.29, 0.717) is 5.69 Å². The Morgan fingerprint density at radius 3 is 2.73 bits per heavy atom. The van der Waals surface area contributed by atoms with Gasteiger partial charge < -0.3 is 15.6 Å². The molecule has 8 nitrogen and oxygen atoms in total. The maximum absolute atomic E-state index is 11.0. The van der Waals surface area contributed by atoms with Crippen LogP contribution < -0.4 is 20.1 Å². The van der Waals surface area contributed by atoms with Crippen molar-refractivity contribution in [2.75, 3.05) is 30.4 Å². The van der Waals surface area contributed by atoms with Gasteiger partial charge in [-0.2, -0.15) is 13.1 Å². The molecule has 0 amide bonds. The molecule has 0 atom stereocenters. The lowest BCUT2D eigenvalue weighted by molar-refractivity contribution is 0.0591. The van der Waals surface area contributed by atoms with Crippen LogP contribution in [0.1, 0.15) is 18.5 Å². The number of hydrogen-bond acceptors (Lipinski definition) is 6. The van der Waals surface area contributed by atoms with Gasteiger partial charge in [0, 0.05) is 44.0 Å². The molecule has 9 heteroatoms. The number of anilines is 2. The van der Waals surface area contributed by atoms with Crippen molar-refractivity contribution in [3.63, 3.8) is 0 Å². The summed E-state index contributed by atoms with van der Waals surface area (Å²) in [6.07, 6.45) is 4.57. The highest BCUT2D eigenvalue weighted by atomic mass is 32.2. The van der Waals surface area contributed by atoms with E-state index in [2.05, 4.69) is 19.9 Å². The highest BCUT2D eigenvalue weighted by molar-refractivity contribution is 7.87. The van der Waals surface area contributed by atoms with Crippen molar-refractivity contribution in [2.45, 2.75) is 18.9 Å². The lowest BCUT2D eigenvalue weighted by atomic mass is 9.61. The van der Waals surface area contributed by atoms with Crippen LogP contribution >= 0.6 is 0 Å². The topological polar surface area (TPSA) is 124 Å². The molecule has 2 heterocycles. The molecule has 22 heavy (non-hydrogen) atoms. The van der Waals surface area contributed by atoms with E-state index in [-0.39, 0.29) is 11.5 Å². The fraction of sp³-hybridized carbons (Fsp3) is 0.538. The van der Waals surface area contributed by atoms with Gasteiger partial charge in [0.1, 0.15) is 5.69 Å². The molecule has 1 aromatic heterocycles. The summed E-state index contributed by atoms with van der Waals surface area (Å²) < 4.78 is 24.5. The number of nitrogens with two attached hydrogens (primary N) is 1. The Hall–Kier alpha value is -1.71. The van der Waals surface area contributed by atoms with Gasteiger partial charge in [-0.3, -0.25) is 4.98 Å². The molecule has 5 N–H and O–H groups in total. The molecule has 2 fully saturated rings. The van der Waals surface area contributed by atoms with Gasteiger partial charge >= 0.3 is 0 Å². The molecular formula is C13H20N6O2S. The van der Waals surface area contributed by atoms with Gasteiger partial charge in [-0.15, -0.1) is 0 Å². The van der Waals surface area contributed by atoms with Gasteiger partial charge in [0.15, 0.2) is 0 Å². The van der Waals surface area contributed by atoms with Crippen LogP contribution in [0, 0.1) is 10.8 Å². The summed E-state index contributed by atoms with van der Waals surface area (Å²) in [5.74, 6) is 0. The Morgan fingerprint density at radius 2 is 2.18 bits per heavy atom. The molecule has 0 unspecified atom stereocenters. The molecule has 1 saturated carbocycles. The van der Waals surface area contributed by atoms with Crippen LogP contribution in [0.25, 0.3) is 0 Å². The van der Waals surface area contributed by atoms with Gasteiger partial charge in [-0.05, 0) is 18.9 Å². The van der Waals surface area contributed by atoms with Gasteiger partial charge in [-0.1, -0.05) is 0 Å². The molecule has 1 aliphatic carbocycles. The first-order chi connectivity index (χ1) is 10.4. The standard InChI is InChI=1S/C13H20N6O2S/c1-16-12-10(6-14)17-3-2-11(12)19-7-13(8-19)4-9(5-13)18-22(15,20)21/h2-3,6,9,14,16,18H,4-5,7-8H2,1H3,(H2,15,20,21). The van der Waals surface area contributed by atoms with E-state index in [1.165, 1.54) is 6.21 Å². The van der Waals surface area contributed by atoms with Crippen LogP contribution in [-0.4, -0.2) is 45.8 Å². The van der Waals surface area contributed by atoms with Gasteiger partial charge in [0.05, 0.1) is 11.4 Å². The first-order valence-electron chi connectivity index (χ1n) is 7.08. The van der Waals surface area contributed by atoms with E-state index in [0.717, 1.165) is 37.3 Å². The summed E-state index contributed by atoms with van der Waals surface area (Å²) in [4.78, 5) is 6.40. The first-order valence-corrected chi connectivity index (χ1v) is 8.63. The quantitative estimate of drug-likeness (QED) is 0.562. The number of aromatic nitrogens is 1. The molecule has 2 aliphatic rings. The SMILES string of the molecule is CNc1c(N2CC3(CC(NS(N)(=O)=O)C3)C2)ccnc1C=N. The Morgan fingerprint density at radius 1 is 1.50 bits per heavy atom. The molecule has 1 aliphatic heterocycles. The predicted molar refractivity (Wildman–Crippen MR) is 85.6 cm³/mol. The average Bonchev–Trinajstić information content (AvgIpc) is 2.37. The zero-order chi connectivity index (χ0) is 16.0. The highest BCUT2D eigenvalue weighted by Gasteiger charge is 2.53. The fourth-order valence-corrected chi connectivity index (χ4v) is 4.22. The Labute approximate surface area is 129 Å². The third kappa shape index (κ3) is 2.67. The van der Waals surface area contributed by atoms with E-state index in [4.69, 9.17) is 10.5 Å². The minimum atomic E-state index is -3.61. The summed E-state index contributed by atoms with van der Waals surface area (Å²) in [5, 5.41) is 15.5. The van der Waals surface area contributed by atoms with E-state index in [1.54, 1.807) is 6.20 Å². The van der Waals surface area contributed by atoms with Crippen molar-refractivity contribution in [1.29, 1.82) is 5.41 Å². The van der Waals surface area contributed by atoms with Crippen molar-refractivity contribution < 1.29 is 8.42 Å². The average molecular weight is 324 g/mol. The van der Waals surface area contributed by atoms with Gasteiger partial charge in [0.25, 0.3) is 10.2 Å². The molecule has 3 rings (SSSR count). The molecule has 0 radical (unpaired) electrons. The van der Waals surface area contributed by atoms with Crippen LogP contribution in [0.5, 0.6) is 0 Å². The van der Waals surface area contributed by atoms with Crippen molar-refractivity contribution in [1.82, 2.24) is 9.71 Å². The number of nitrogens with one attached hydrogen (secondary N) is 3. The van der Waals surface area contributed by atoms with Crippen molar-refractivity contribution in [3.8, 4) is 0 Å². The van der Waals surface area contributed by atoms with Crippen LogP contribution in [0.2, 0.25) is 0 Å². The van der Waals surface area contributed by atoms with E-state index >= 15 is 0 Å². The van der Waals surface area contributed by atoms with E-state index < -0.39 is 10.2 Å². The number of pyridine rings is 1. The van der Waals surface area contributed by atoms with Crippen molar-refractivity contribution >= 4 is 27.8 Å². The van der Waals surface area contributed by atoms with Gasteiger partial charge in [-0.25, -0.2) is 5.14 Å². The summed E-state index contributed by atoms with van der Waals surface area (Å²) in [7, 11) is -1.79. The Balaban J connectivity index is 1.65. The Kier molecular flexibility index (Phi) is 3.58. The molecule has 0 bridgehead atoms. The second kappa shape index (κ2) is 5.18. The summed E-state index contributed by atoms with van der Waals surface area (Å²) in [6, 6.07) is 1.89. The van der Waals surface area contributed by atoms with Crippen molar-refractivity contribution in [2.24, 2.45) is 10.6 Å². The third-order valence-corrected chi connectivity index (χ3v) is 5.09. The molecule has 1 saturated heterocycles. The Bertz CT molecular complexity index is 690. The summed E-state index contributed by atoms with van der Waals surface area (Å²) >= 11 is 0. The van der Waals surface area contributed by atoms with Crippen LogP contribution in [0.3, 0.4) is 0 Å². The van der Waals surface area contributed by atoms with Crippen LogP contribution in [-0.2, 0) is 10.2 Å². The minimum Gasteiger partial charge on any atom is -0.385 e. The number of nitrogens with zero attached hydrogens (tertiary/aromatic N) is 2. The zero-order valence-electron chi connectivity index (χ0n) is 12.3. The lowest BCUT2D eigenvalue weighted by Gasteiger charge is -2.60. The molecule has 1 aromatic rings. The minimum absolute atomic E-state index is 0.0458. The summed E-state index contributed by atoms with van der Waals surface area (Å²) in [5.41, 5.74) is 2.68. The third-order valence-electron chi connectivity index (χ3n) is 4.43. The van der Waals surface area contributed by atoms with E-state index in [9.17, 15) is 8.42 Å². The molecule has 1 spiro atoms. The molecule has 0 aromatic carbocycles. The number of hydrogen-bond donors (Lipinski definition) is 4. The smallest absolute Gasteiger partial charge is 0.274 e. The first kappa shape index (κ1) is 15.2. The highest BCUT2D eigenvalue weighted by Crippen LogP contribution is 2.50.